The number of H-pyrrole nitrogens is 1. The lowest BCUT2D eigenvalue weighted by Crippen LogP contribution is -2.72. The summed E-state index contributed by atoms with van der Waals surface area (Å²) in [5.41, 5.74) is 0.814. The van der Waals surface area contributed by atoms with E-state index in [4.69, 9.17) is 48.4 Å². The van der Waals surface area contributed by atoms with Crippen molar-refractivity contribution in [3.8, 4) is 0 Å². The highest BCUT2D eigenvalue weighted by atomic mass is 16.7. The van der Waals surface area contributed by atoms with Crippen LogP contribution in [0.4, 0.5) is 0 Å². The molecule has 5 heterocycles. The van der Waals surface area contributed by atoms with Gasteiger partial charge in [0.25, 0.3) is 5.56 Å². The van der Waals surface area contributed by atoms with Gasteiger partial charge in [-0.25, -0.2) is 9.59 Å². The van der Waals surface area contributed by atoms with E-state index in [9.17, 15) is 64.2 Å². The predicted molar refractivity (Wildman–Crippen MR) is 270 cm³/mol. The molecular formula is C51H83N5O22. The molecule has 4 saturated heterocycles. The average Bonchev–Trinajstić information content (AvgIpc) is 4.01. The van der Waals surface area contributed by atoms with Crippen LogP contribution in [0.15, 0.2) is 21.9 Å². The van der Waals surface area contributed by atoms with E-state index in [1.165, 1.54) is 28.4 Å². The molecule has 27 heteroatoms. The maximum Gasteiger partial charge on any atom is 0.330 e. The molecular weight excluding hydrogens is 1030 g/mol. The molecule has 0 aromatic carbocycles. The molecule has 4 aliphatic heterocycles. The van der Waals surface area contributed by atoms with Crippen LogP contribution in [0.25, 0.3) is 0 Å². The molecule has 78 heavy (non-hydrogen) atoms. The molecule has 19 atom stereocenters. The van der Waals surface area contributed by atoms with Crippen molar-refractivity contribution in [1.82, 2.24) is 19.4 Å². The predicted octanol–water partition coefficient (Wildman–Crippen LogP) is -1.70. The number of amides is 1. The Labute approximate surface area is 452 Å². The van der Waals surface area contributed by atoms with Gasteiger partial charge < -0.3 is 83.9 Å². The second kappa shape index (κ2) is 28.8. The average molecular weight is 1120 g/mol. The highest BCUT2D eigenvalue weighted by molar-refractivity contribution is 5.89. The number of carboxylic acid groups (broad SMARTS) is 1. The van der Waals surface area contributed by atoms with Gasteiger partial charge in [-0.1, -0.05) is 59.3 Å². The number of esters is 3. The molecule has 4 fully saturated rings. The first kappa shape index (κ1) is 64.3. The van der Waals surface area contributed by atoms with Crippen molar-refractivity contribution in [3.05, 3.63) is 33.1 Å². The number of carbonyl (C=O) groups is 5. The molecule has 0 bridgehead atoms. The van der Waals surface area contributed by atoms with Crippen LogP contribution >= 0.6 is 0 Å². The number of aliphatic hydroxyl groups is 5. The zero-order chi connectivity index (χ0) is 57.9. The van der Waals surface area contributed by atoms with Crippen LogP contribution < -0.4 is 17.0 Å². The topological polar surface area (TPSA) is 377 Å². The number of hydrogen-bond acceptors (Lipinski definition) is 23. The minimum Gasteiger partial charge on any atom is -0.480 e. The maximum absolute atomic E-state index is 14.8. The van der Waals surface area contributed by atoms with E-state index in [1.54, 1.807) is 13.8 Å². The van der Waals surface area contributed by atoms with Crippen molar-refractivity contribution < 1.29 is 97.2 Å². The number of aromatic nitrogens is 2. The summed E-state index contributed by atoms with van der Waals surface area (Å²) in [6, 6.07) is -3.17. The Kier molecular flexibility index (Phi) is 23.7. The summed E-state index contributed by atoms with van der Waals surface area (Å²) in [5.74, 6) is -5.39. The summed E-state index contributed by atoms with van der Waals surface area (Å²) in [5, 5.41) is 69.1. The van der Waals surface area contributed by atoms with E-state index in [1.807, 2.05) is 4.98 Å². The fourth-order valence-electron chi connectivity index (χ4n) is 11.1. The number of aliphatic hydroxyl groups excluding tert-OH is 4. The van der Waals surface area contributed by atoms with Gasteiger partial charge >= 0.3 is 29.6 Å². The number of hydrogen-bond donors (Lipinski definition) is 8. The number of unbranched alkanes of at least 4 members (excludes halogenated alkanes) is 5. The van der Waals surface area contributed by atoms with Crippen molar-refractivity contribution >= 4 is 29.8 Å². The normalized spacial score (nSPS) is 33.3. The maximum atomic E-state index is 14.8. The molecule has 1 aromatic rings. The second-order valence-electron chi connectivity index (χ2n) is 21.5. The summed E-state index contributed by atoms with van der Waals surface area (Å²) < 4.78 is 52.5. The van der Waals surface area contributed by atoms with Gasteiger partial charge in [-0.15, -0.1) is 0 Å². The van der Waals surface area contributed by atoms with Gasteiger partial charge in [0.1, 0.15) is 78.8 Å². The first-order valence-electron chi connectivity index (χ1n) is 26.6. The number of likely N-dealkylation sites (N-methyl/N-ethyl adjacent to an activating group) is 2. The number of aliphatic carboxylic acids is 1. The molecule has 4 aliphatic rings. The highest BCUT2D eigenvalue weighted by Crippen LogP contribution is 2.44. The molecule has 0 radical (unpaired) electrons. The van der Waals surface area contributed by atoms with E-state index in [0.717, 1.165) is 62.7 Å². The monoisotopic (exact) mass is 1120 g/mol. The van der Waals surface area contributed by atoms with Crippen LogP contribution in [0.5, 0.6) is 0 Å². The van der Waals surface area contributed by atoms with Crippen molar-refractivity contribution in [1.29, 1.82) is 0 Å². The standard InChI is InChI=1S/C51H83N5O22/c1-25(2)16-14-12-10-11-13-15-17-28(74-32(58)20-26(3)21-33(59)77-49-42(72-9)41(71-8)40(70-7)27(4)73-49)22-34(60)75-30-24-54(5)43(46(65)55(6)35(30)48(66)67)51(69,44-37(62)36(61)29(23-52)76-44)45-38(63)39(64)47(78-45)56-19-18-31(57)53-50(56)68/h18-19,25-30,35-45,47,49,61-64,69H,10-17,20-24,52H2,1-9H3,(H,66,67)(H,53,57,68)/t26?,27?,28?,29-,30?,35?,36-,37-,38+,39-,40?,41?,42?,43?,44-,45+,47-,49?,51?/m1/s1. The second-order valence-corrected chi connectivity index (χ2v) is 21.5. The Morgan fingerprint density at radius 2 is 1.35 bits per heavy atom. The minimum absolute atomic E-state index is 0.198. The Balaban J connectivity index is 1.36. The molecule has 0 aliphatic carbocycles. The third kappa shape index (κ3) is 15.1. The first-order valence-corrected chi connectivity index (χ1v) is 26.6. The van der Waals surface area contributed by atoms with Crippen molar-refractivity contribution in [2.45, 2.75) is 208 Å². The lowest BCUT2D eigenvalue weighted by atomic mass is 9.76. The van der Waals surface area contributed by atoms with Gasteiger partial charge in [-0.2, -0.15) is 0 Å². The summed E-state index contributed by atoms with van der Waals surface area (Å²) in [6.07, 6.45) is -15.7. The number of methoxy groups -OCH3 is 3. The van der Waals surface area contributed by atoms with Crippen LogP contribution in [0.3, 0.4) is 0 Å². The SMILES string of the molecule is COC1C(C)OC(OC(=O)CC(C)CC(=O)OC(CCCCCCCCC(C)C)CC(=O)OC2CN(C)C(C(O)([C@@H]3O[C@H](CN)[C@@H](O)[C@H]3O)[C@H]3O[C@@H](n4ccc(=O)[nH]c4=O)[C@H](O)[C@@H]3O)C(=O)N(C)C2C(=O)O)C(OC)C1OC. The number of carboxylic acids is 1. The van der Waals surface area contributed by atoms with Crippen LogP contribution in [0, 0.1) is 11.8 Å². The van der Waals surface area contributed by atoms with E-state index in [2.05, 4.69) is 13.8 Å². The highest BCUT2D eigenvalue weighted by Gasteiger charge is 2.68. The molecule has 444 valence electrons. The molecule has 5 rings (SSSR count). The molecule has 0 spiro atoms. The third-order valence-corrected chi connectivity index (χ3v) is 15.2. The number of carbonyl (C=O) groups excluding carboxylic acids is 4. The Morgan fingerprint density at radius 1 is 0.769 bits per heavy atom. The molecule has 1 amide bonds. The van der Waals surface area contributed by atoms with Crippen LogP contribution in [0.2, 0.25) is 0 Å². The zero-order valence-corrected chi connectivity index (χ0v) is 46.0. The number of nitrogens with zero attached hydrogens (tertiary/aromatic N) is 3. The quantitative estimate of drug-likeness (QED) is 0.0276. The molecule has 27 nitrogen and oxygen atoms in total. The van der Waals surface area contributed by atoms with E-state index >= 15 is 0 Å². The smallest absolute Gasteiger partial charge is 0.330 e. The Bertz CT molecular complexity index is 2270. The minimum atomic E-state index is -3.08. The van der Waals surface area contributed by atoms with E-state index in [-0.39, 0.29) is 19.3 Å². The Morgan fingerprint density at radius 3 is 1.92 bits per heavy atom. The van der Waals surface area contributed by atoms with Gasteiger partial charge in [-0.05, 0) is 38.6 Å². The number of rotatable bonds is 27. The lowest BCUT2D eigenvalue weighted by molar-refractivity contribution is -0.297. The molecule has 9 N–H and O–H groups in total. The van der Waals surface area contributed by atoms with Crippen molar-refractivity contribution in [3.63, 3.8) is 0 Å². The van der Waals surface area contributed by atoms with Crippen molar-refractivity contribution in [2.24, 2.45) is 17.6 Å². The third-order valence-electron chi connectivity index (χ3n) is 15.2. The summed E-state index contributed by atoms with van der Waals surface area (Å²) in [6.45, 7) is 6.61. The van der Waals surface area contributed by atoms with Crippen LogP contribution in [-0.2, 0) is 66.6 Å². The lowest BCUT2D eigenvalue weighted by Gasteiger charge is -2.47. The zero-order valence-electron chi connectivity index (χ0n) is 46.0. The molecule has 0 saturated carbocycles. The van der Waals surface area contributed by atoms with Crippen LogP contribution in [0.1, 0.15) is 105 Å². The van der Waals surface area contributed by atoms with Gasteiger partial charge in [0.2, 0.25) is 12.2 Å². The molecule has 11 unspecified atom stereocenters. The summed E-state index contributed by atoms with van der Waals surface area (Å²) >= 11 is 0. The van der Waals surface area contributed by atoms with E-state index < -0.39 is 176 Å². The summed E-state index contributed by atoms with van der Waals surface area (Å²) in [7, 11) is 6.64. The fraction of sp³-hybridized carbons (Fsp3) is 0.824. The largest absolute Gasteiger partial charge is 0.480 e. The van der Waals surface area contributed by atoms with Gasteiger partial charge in [0.15, 0.2) is 12.3 Å². The summed E-state index contributed by atoms with van der Waals surface area (Å²) in [4.78, 5) is 97.3. The van der Waals surface area contributed by atoms with E-state index in [0.29, 0.717) is 21.8 Å². The number of nitrogens with two attached hydrogens (primary N) is 1. The van der Waals surface area contributed by atoms with Crippen LogP contribution in [-0.4, -0.2) is 232 Å². The van der Waals surface area contributed by atoms with Gasteiger partial charge in [0.05, 0.1) is 18.6 Å². The van der Waals surface area contributed by atoms with Gasteiger partial charge in [0, 0.05) is 66.6 Å². The number of ether oxygens (including phenoxy) is 9. The number of nitrogens with one attached hydrogen (secondary N) is 1. The number of aromatic amines is 1. The fourth-order valence-corrected chi connectivity index (χ4v) is 11.1. The van der Waals surface area contributed by atoms with Gasteiger partial charge in [-0.3, -0.25) is 38.4 Å². The molecule has 1 aromatic heterocycles. The first-order chi connectivity index (χ1) is 36.8. The van der Waals surface area contributed by atoms with Crippen molar-refractivity contribution in [2.75, 3.05) is 48.5 Å². The Hall–Kier alpha value is -4.49.